The number of carbonyl (C=O) groups excluding carboxylic acids is 2. The first-order valence-electron chi connectivity index (χ1n) is 8.28. The number of methoxy groups -OCH3 is 1. The summed E-state index contributed by atoms with van der Waals surface area (Å²) in [7, 11) is 1.41. The number of carbonyl (C=O) groups is 2. The minimum Gasteiger partial charge on any atom is -0.468 e. The lowest BCUT2D eigenvalue weighted by Crippen LogP contribution is -2.37. The molecule has 2 atom stereocenters. The van der Waals surface area contributed by atoms with Crippen molar-refractivity contribution in [2.75, 3.05) is 13.7 Å². The van der Waals surface area contributed by atoms with Crippen LogP contribution in [0.25, 0.3) is 0 Å². The molecular formula is C19H22N2O3S. The predicted octanol–water partition coefficient (Wildman–Crippen LogP) is 2.60. The van der Waals surface area contributed by atoms with Gasteiger partial charge in [-0.25, -0.2) is 0 Å². The Labute approximate surface area is 151 Å². The van der Waals surface area contributed by atoms with Gasteiger partial charge in [0.1, 0.15) is 6.04 Å². The van der Waals surface area contributed by atoms with Gasteiger partial charge in [0.25, 0.3) is 5.91 Å². The SMILES string of the molecule is COC(=O)[C@@H]1C[C@@H](NC(=O)c2ccc(C)cc2)CN1Cc1cccs1. The number of likely N-dealkylation sites (tertiary alicyclic amines) is 1. The number of benzene rings is 1. The average molecular weight is 358 g/mol. The minimum atomic E-state index is -0.324. The fourth-order valence-corrected chi connectivity index (χ4v) is 3.87. The Hall–Kier alpha value is -2.18. The fraction of sp³-hybridized carbons (Fsp3) is 0.368. The number of nitrogens with zero attached hydrogens (tertiary/aromatic N) is 1. The Balaban J connectivity index is 1.67. The molecule has 132 valence electrons. The summed E-state index contributed by atoms with van der Waals surface area (Å²) < 4.78 is 4.94. The predicted molar refractivity (Wildman–Crippen MR) is 97.6 cm³/mol. The lowest BCUT2D eigenvalue weighted by atomic mass is 10.1. The summed E-state index contributed by atoms with van der Waals surface area (Å²) in [6, 6.07) is 11.1. The van der Waals surface area contributed by atoms with Crippen molar-refractivity contribution in [3.63, 3.8) is 0 Å². The Morgan fingerprint density at radius 3 is 2.68 bits per heavy atom. The summed E-state index contributed by atoms with van der Waals surface area (Å²) in [6.45, 7) is 3.31. The lowest BCUT2D eigenvalue weighted by molar-refractivity contribution is -0.146. The first kappa shape index (κ1) is 17.6. The number of hydrogen-bond donors (Lipinski definition) is 1. The topological polar surface area (TPSA) is 58.6 Å². The van der Waals surface area contributed by atoms with Crippen LogP contribution >= 0.6 is 11.3 Å². The monoisotopic (exact) mass is 358 g/mol. The van der Waals surface area contributed by atoms with Gasteiger partial charge in [-0.2, -0.15) is 0 Å². The molecule has 1 amide bonds. The Morgan fingerprint density at radius 2 is 2.04 bits per heavy atom. The Bertz CT molecular complexity index is 728. The molecule has 0 radical (unpaired) electrons. The van der Waals surface area contributed by atoms with Crippen LogP contribution in [0.4, 0.5) is 0 Å². The second kappa shape index (κ2) is 7.80. The van der Waals surface area contributed by atoms with Gasteiger partial charge in [0.05, 0.1) is 7.11 Å². The van der Waals surface area contributed by atoms with Crippen LogP contribution in [0.3, 0.4) is 0 Å². The molecule has 0 unspecified atom stereocenters. The molecule has 1 aromatic heterocycles. The normalized spacial score (nSPS) is 20.4. The number of hydrogen-bond acceptors (Lipinski definition) is 5. The van der Waals surface area contributed by atoms with E-state index in [-0.39, 0.29) is 24.0 Å². The maximum absolute atomic E-state index is 12.4. The highest BCUT2D eigenvalue weighted by atomic mass is 32.1. The second-order valence-electron chi connectivity index (χ2n) is 6.32. The van der Waals surface area contributed by atoms with Crippen LogP contribution in [0.1, 0.15) is 27.2 Å². The van der Waals surface area contributed by atoms with Crippen molar-refractivity contribution >= 4 is 23.2 Å². The number of nitrogens with one attached hydrogen (secondary N) is 1. The summed E-state index contributed by atoms with van der Waals surface area (Å²) in [4.78, 5) is 27.8. The third-order valence-electron chi connectivity index (χ3n) is 4.46. The molecule has 2 heterocycles. The molecule has 1 saturated heterocycles. The fourth-order valence-electron chi connectivity index (χ4n) is 3.14. The molecule has 1 N–H and O–H groups in total. The van der Waals surface area contributed by atoms with Gasteiger partial charge in [0, 0.05) is 29.6 Å². The highest BCUT2D eigenvalue weighted by Gasteiger charge is 2.38. The molecule has 0 aliphatic carbocycles. The molecule has 0 bridgehead atoms. The molecule has 0 saturated carbocycles. The quantitative estimate of drug-likeness (QED) is 0.835. The molecule has 25 heavy (non-hydrogen) atoms. The van der Waals surface area contributed by atoms with Crippen LogP contribution in [0.5, 0.6) is 0 Å². The van der Waals surface area contributed by atoms with Gasteiger partial charge in [-0.05, 0) is 36.9 Å². The minimum absolute atomic E-state index is 0.0714. The number of esters is 1. The van der Waals surface area contributed by atoms with E-state index in [9.17, 15) is 9.59 Å². The third-order valence-corrected chi connectivity index (χ3v) is 5.33. The largest absolute Gasteiger partial charge is 0.468 e. The van der Waals surface area contributed by atoms with Crippen molar-refractivity contribution in [3.05, 3.63) is 57.8 Å². The van der Waals surface area contributed by atoms with Gasteiger partial charge in [-0.1, -0.05) is 23.8 Å². The van der Waals surface area contributed by atoms with E-state index in [0.29, 0.717) is 25.1 Å². The maximum atomic E-state index is 12.4. The molecule has 1 aliphatic rings. The van der Waals surface area contributed by atoms with E-state index in [1.54, 1.807) is 11.3 Å². The first-order valence-corrected chi connectivity index (χ1v) is 9.16. The molecule has 0 spiro atoms. The molecule has 5 nitrogen and oxygen atoms in total. The number of amides is 1. The molecular weight excluding hydrogens is 336 g/mol. The van der Waals surface area contributed by atoms with E-state index >= 15 is 0 Å². The number of thiophene rings is 1. The zero-order valence-corrected chi connectivity index (χ0v) is 15.2. The number of ether oxygens (including phenoxy) is 1. The van der Waals surface area contributed by atoms with Crippen LogP contribution in [0.2, 0.25) is 0 Å². The molecule has 1 aliphatic heterocycles. The average Bonchev–Trinajstić information content (AvgIpc) is 3.25. The van der Waals surface area contributed by atoms with Gasteiger partial charge >= 0.3 is 5.97 Å². The third kappa shape index (κ3) is 4.27. The van der Waals surface area contributed by atoms with Gasteiger partial charge in [-0.15, -0.1) is 11.3 Å². The second-order valence-corrected chi connectivity index (χ2v) is 7.35. The molecule has 1 aromatic carbocycles. The van der Waals surface area contributed by atoms with Crippen LogP contribution < -0.4 is 5.32 Å². The zero-order valence-electron chi connectivity index (χ0n) is 14.4. The maximum Gasteiger partial charge on any atom is 0.323 e. The van der Waals surface area contributed by atoms with Gasteiger partial charge in [0.15, 0.2) is 0 Å². The number of rotatable bonds is 5. The summed E-state index contributed by atoms with van der Waals surface area (Å²) in [6.07, 6.45) is 0.565. The standard InChI is InChI=1S/C19H22N2O3S/c1-13-5-7-14(8-6-13)18(22)20-15-10-17(19(23)24-2)21(11-15)12-16-4-3-9-25-16/h3-9,15,17H,10-12H2,1-2H3,(H,20,22)/t15-,17+/m1/s1. The Morgan fingerprint density at radius 1 is 1.28 bits per heavy atom. The van der Waals surface area contributed by atoms with Crippen LogP contribution in [-0.2, 0) is 16.1 Å². The van der Waals surface area contributed by atoms with Gasteiger partial charge in [0.2, 0.25) is 0 Å². The van der Waals surface area contributed by atoms with Crippen molar-refractivity contribution in [3.8, 4) is 0 Å². The number of aryl methyl sites for hydroxylation is 1. The summed E-state index contributed by atoms with van der Waals surface area (Å²) >= 11 is 1.66. The van der Waals surface area contributed by atoms with Crippen molar-refractivity contribution in [1.82, 2.24) is 10.2 Å². The van der Waals surface area contributed by atoms with E-state index in [4.69, 9.17) is 4.74 Å². The van der Waals surface area contributed by atoms with Crippen molar-refractivity contribution in [2.45, 2.75) is 32.0 Å². The van der Waals surface area contributed by atoms with E-state index in [2.05, 4.69) is 16.3 Å². The van der Waals surface area contributed by atoms with E-state index in [1.807, 2.05) is 42.6 Å². The van der Waals surface area contributed by atoms with Crippen LogP contribution in [-0.4, -0.2) is 42.5 Å². The summed E-state index contributed by atoms with van der Waals surface area (Å²) in [5, 5.41) is 5.07. The van der Waals surface area contributed by atoms with Gasteiger partial charge in [-0.3, -0.25) is 14.5 Å². The van der Waals surface area contributed by atoms with E-state index in [1.165, 1.54) is 12.0 Å². The molecule has 3 rings (SSSR count). The van der Waals surface area contributed by atoms with E-state index in [0.717, 1.165) is 5.56 Å². The lowest BCUT2D eigenvalue weighted by Gasteiger charge is -2.21. The zero-order chi connectivity index (χ0) is 17.8. The van der Waals surface area contributed by atoms with Gasteiger partial charge < -0.3 is 10.1 Å². The molecule has 2 aromatic rings. The summed E-state index contributed by atoms with van der Waals surface area (Å²) in [5.41, 5.74) is 1.75. The first-order chi connectivity index (χ1) is 12.1. The van der Waals surface area contributed by atoms with E-state index < -0.39 is 0 Å². The highest BCUT2D eigenvalue weighted by molar-refractivity contribution is 7.09. The highest BCUT2D eigenvalue weighted by Crippen LogP contribution is 2.23. The molecule has 1 fully saturated rings. The van der Waals surface area contributed by atoms with Crippen molar-refractivity contribution < 1.29 is 14.3 Å². The van der Waals surface area contributed by atoms with Crippen molar-refractivity contribution in [1.29, 1.82) is 0 Å². The van der Waals surface area contributed by atoms with Crippen LogP contribution in [0.15, 0.2) is 41.8 Å². The Kier molecular flexibility index (Phi) is 5.50. The summed E-state index contributed by atoms with van der Waals surface area (Å²) in [5.74, 6) is -0.352. The van der Waals surface area contributed by atoms with Crippen molar-refractivity contribution in [2.24, 2.45) is 0 Å². The smallest absolute Gasteiger partial charge is 0.323 e. The molecule has 6 heteroatoms. The van der Waals surface area contributed by atoms with Crippen LogP contribution in [0, 0.1) is 6.92 Å².